The molecule has 0 aromatic carbocycles. The van der Waals surface area contributed by atoms with Crippen LogP contribution in [0.1, 0.15) is 58.8 Å². The fourth-order valence-corrected chi connectivity index (χ4v) is 3.55. The lowest BCUT2D eigenvalue weighted by atomic mass is 9.90. The first-order valence-corrected chi connectivity index (χ1v) is 7.75. The average molecular weight is 252 g/mol. The van der Waals surface area contributed by atoms with E-state index in [2.05, 4.69) is 24.1 Å². The second-order valence-electron chi connectivity index (χ2n) is 6.00. The van der Waals surface area contributed by atoms with Crippen LogP contribution in [0.5, 0.6) is 0 Å². The van der Waals surface area contributed by atoms with E-state index in [1.807, 2.05) is 0 Å². The first-order valence-electron chi connectivity index (χ1n) is 7.75. The molecule has 2 unspecified atom stereocenters. The van der Waals surface area contributed by atoms with Crippen LogP contribution in [0, 0.1) is 5.92 Å². The Hall–Kier alpha value is -0.570. The average Bonchev–Trinajstić information content (AvgIpc) is 2.87. The Morgan fingerprint density at radius 2 is 1.94 bits per heavy atom. The molecule has 3 heteroatoms. The van der Waals surface area contributed by atoms with Crippen molar-refractivity contribution in [3.8, 4) is 0 Å². The van der Waals surface area contributed by atoms with Gasteiger partial charge in [0, 0.05) is 25.0 Å². The molecule has 104 valence electrons. The van der Waals surface area contributed by atoms with Crippen LogP contribution in [0.3, 0.4) is 0 Å². The van der Waals surface area contributed by atoms with Gasteiger partial charge in [0.05, 0.1) is 0 Å². The van der Waals surface area contributed by atoms with Crippen molar-refractivity contribution in [2.45, 2.75) is 70.9 Å². The Labute approximate surface area is 111 Å². The van der Waals surface area contributed by atoms with Crippen molar-refractivity contribution in [1.29, 1.82) is 0 Å². The molecule has 2 fully saturated rings. The fourth-order valence-electron chi connectivity index (χ4n) is 3.55. The van der Waals surface area contributed by atoms with Crippen molar-refractivity contribution in [3.63, 3.8) is 0 Å². The van der Waals surface area contributed by atoms with Crippen LogP contribution in [-0.4, -0.2) is 36.0 Å². The van der Waals surface area contributed by atoms with Crippen LogP contribution in [0.4, 0.5) is 0 Å². The van der Waals surface area contributed by atoms with Gasteiger partial charge in [0.25, 0.3) is 0 Å². The lowest BCUT2D eigenvalue weighted by Gasteiger charge is -2.33. The maximum atomic E-state index is 12.5. The van der Waals surface area contributed by atoms with Gasteiger partial charge in [-0.25, -0.2) is 0 Å². The molecule has 2 rings (SSSR count). The van der Waals surface area contributed by atoms with E-state index in [-0.39, 0.29) is 0 Å². The van der Waals surface area contributed by atoms with Crippen LogP contribution < -0.4 is 5.32 Å². The van der Waals surface area contributed by atoms with Gasteiger partial charge in [-0.2, -0.15) is 0 Å². The number of rotatable bonds is 4. The molecule has 1 amide bonds. The molecule has 0 aromatic rings. The van der Waals surface area contributed by atoms with Crippen molar-refractivity contribution in [1.82, 2.24) is 10.2 Å². The summed E-state index contributed by atoms with van der Waals surface area (Å²) < 4.78 is 0. The summed E-state index contributed by atoms with van der Waals surface area (Å²) in [6.45, 7) is 6.35. The smallest absolute Gasteiger partial charge is 0.224 e. The Bertz CT molecular complexity index is 274. The molecule has 0 bridgehead atoms. The van der Waals surface area contributed by atoms with E-state index in [1.165, 1.54) is 38.5 Å². The van der Waals surface area contributed by atoms with Crippen molar-refractivity contribution >= 4 is 5.91 Å². The Morgan fingerprint density at radius 1 is 1.22 bits per heavy atom. The molecule has 0 spiro atoms. The van der Waals surface area contributed by atoms with E-state index < -0.39 is 0 Å². The first-order chi connectivity index (χ1) is 8.72. The minimum Gasteiger partial charge on any atom is -0.340 e. The SMILES string of the molecule is CCN(C(=O)CC1NCCCC1C)C1CCCC1. The number of hydrogen-bond acceptors (Lipinski definition) is 2. The summed E-state index contributed by atoms with van der Waals surface area (Å²) in [5, 5.41) is 3.52. The molecule has 1 N–H and O–H groups in total. The van der Waals surface area contributed by atoms with Gasteiger partial charge in [0.1, 0.15) is 0 Å². The third-order valence-corrected chi connectivity index (χ3v) is 4.75. The van der Waals surface area contributed by atoms with E-state index >= 15 is 0 Å². The molecule has 1 heterocycles. The number of nitrogens with one attached hydrogen (secondary N) is 1. The Kier molecular flexibility index (Phi) is 5.04. The number of piperidine rings is 1. The summed E-state index contributed by atoms with van der Waals surface area (Å²) >= 11 is 0. The van der Waals surface area contributed by atoms with Crippen LogP contribution in [0.2, 0.25) is 0 Å². The van der Waals surface area contributed by atoms with E-state index in [0.29, 0.717) is 30.3 Å². The minimum absolute atomic E-state index is 0.371. The quantitative estimate of drug-likeness (QED) is 0.834. The maximum absolute atomic E-state index is 12.5. The molecular weight excluding hydrogens is 224 g/mol. The van der Waals surface area contributed by atoms with Crippen molar-refractivity contribution < 1.29 is 4.79 Å². The second kappa shape index (κ2) is 6.55. The molecule has 2 atom stereocenters. The van der Waals surface area contributed by atoms with Gasteiger partial charge in [-0.1, -0.05) is 19.8 Å². The van der Waals surface area contributed by atoms with Gasteiger partial charge in [-0.15, -0.1) is 0 Å². The zero-order valence-electron chi connectivity index (χ0n) is 12.0. The van der Waals surface area contributed by atoms with E-state index in [4.69, 9.17) is 0 Å². The van der Waals surface area contributed by atoms with Crippen molar-refractivity contribution in [2.24, 2.45) is 5.92 Å². The van der Waals surface area contributed by atoms with E-state index in [0.717, 1.165) is 13.1 Å². The van der Waals surface area contributed by atoms with Gasteiger partial charge < -0.3 is 10.2 Å². The summed E-state index contributed by atoms with van der Waals surface area (Å²) in [5.41, 5.74) is 0. The van der Waals surface area contributed by atoms with Crippen molar-refractivity contribution in [2.75, 3.05) is 13.1 Å². The topological polar surface area (TPSA) is 32.3 Å². The highest BCUT2D eigenvalue weighted by Crippen LogP contribution is 2.25. The molecule has 0 aromatic heterocycles. The maximum Gasteiger partial charge on any atom is 0.224 e. The Morgan fingerprint density at radius 3 is 2.56 bits per heavy atom. The fraction of sp³-hybridized carbons (Fsp3) is 0.933. The normalized spacial score (nSPS) is 29.4. The van der Waals surface area contributed by atoms with Crippen LogP contribution >= 0.6 is 0 Å². The highest BCUT2D eigenvalue weighted by Gasteiger charge is 2.29. The summed E-state index contributed by atoms with van der Waals surface area (Å²) in [6, 6.07) is 0.933. The second-order valence-corrected chi connectivity index (χ2v) is 6.00. The van der Waals surface area contributed by atoms with Crippen LogP contribution in [-0.2, 0) is 4.79 Å². The molecule has 0 radical (unpaired) electrons. The summed E-state index contributed by atoms with van der Waals surface area (Å²) in [4.78, 5) is 14.6. The predicted molar refractivity (Wildman–Crippen MR) is 74.4 cm³/mol. The minimum atomic E-state index is 0.371. The van der Waals surface area contributed by atoms with Gasteiger partial charge in [-0.05, 0) is 45.1 Å². The highest BCUT2D eigenvalue weighted by molar-refractivity contribution is 5.77. The van der Waals surface area contributed by atoms with Gasteiger partial charge in [0.15, 0.2) is 0 Å². The highest BCUT2D eigenvalue weighted by atomic mass is 16.2. The molecule has 1 aliphatic carbocycles. The van der Waals surface area contributed by atoms with Gasteiger partial charge in [0.2, 0.25) is 5.91 Å². The van der Waals surface area contributed by atoms with Gasteiger partial charge >= 0.3 is 0 Å². The molecule has 1 saturated carbocycles. The predicted octanol–water partition coefficient (Wildman–Crippen LogP) is 2.56. The number of amides is 1. The Balaban J connectivity index is 1.88. The number of hydrogen-bond donors (Lipinski definition) is 1. The van der Waals surface area contributed by atoms with Crippen LogP contribution in [0.25, 0.3) is 0 Å². The molecule has 3 nitrogen and oxygen atoms in total. The number of carbonyl (C=O) groups is 1. The lowest BCUT2D eigenvalue weighted by molar-refractivity contribution is -0.134. The molecule has 18 heavy (non-hydrogen) atoms. The van der Waals surface area contributed by atoms with Crippen LogP contribution in [0.15, 0.2) is 0 Å². The standard InChI is InChI=1S/C15H28N2O/c1-3-17(13-8-4-5-9-13)15(18)11-14-12(2)7-6-10-16-14/h12-14,16H,3-11H2,1-2H3. The largest absolute Gasteiger partial charge is 0.340 e. The van der Waals surface area contributed by atoms with Crippen molar-refractivity contribution in [3.05, 3.63) is 0 Å². The lowest BCUT2D eigenvalue weighted by Crippen LogP contribution is -2.46. The summed E-state index contributed by atoms with van der Waals surface area (Å²) in [6.07, 6.45) is 8.25. The zero-order chi connectivity index (χ0) is 13.0. The molecular formula is C15H28N2O. The van der Waals surface area contributed by atoms with E-state index in [1.54, 1.807) is 0 Å². The number of carbonyl (C=O) groups excluding carboxylic acids is 1. The third-order valence-electron chi connectivity index (χ3n) is 4.75. The monoisotopic (exact) mass is 252 g/mol. The zero-order valence-corrected chi connectivity index (χ0v) is 12.0. The molecule has 1 aliphatic heterocycles. The number of nitrogens with zero attached hydrogens (tertiary/aromatic N) is 1. The summed E-state index contributed by atoms with van der Waals surface area (Å²) in [7, 11) is 0. The van der Waals surface area contributed by atoms with Gasteiger partial charge in [-0.3, -0.25) is 4.79 Å². The first kappa shape index (κ1) is 13.9. The van der Waals surface area contributed by atoms with E-state index in [9.17, 15) is 4.79 Å². The third kappa shape index (κ3) is 3.25. The molecule has 2 aliphatic rings. The molecule has 1 saturated heterocycles. The summed E-state index contributed by atoms with van der Waals surface area (Å²) in [5.74, 6) is 1.01.